The Kier molecular flexibility index (Phi) is 5.43. The minimum absolute atomic E-state index is 0.119. The second-order valence-corrected chi connectivity index (χ2v) is 6.25. The molecule has 0 saturated heterocycles. The number of aromatic nitrogens is 1. The predicted octanol–water partition coefficient (Wildman–Crippen LogP) is 3.98. The molecule has 0 radical (unpaired) electrons. The lowest BCUT2D eigenvalue weighted by Gasteiger charge is -2.27. The van der Waals surface area contributed by atoms with Crippen LogP contribution in [0.15, 0.2) is 36.4 Å². The van der Waals surface area contributed by atoms with Gasteiger partial charge in [0, 0.05) is 12.0 Å². The predicted molar refractivity (Wildman–Crippen MR) is 91.7 cm³/mol. The van der Waals surface area contributed by atoms with Crippen molar-refractivity contribution in [1.82, 2.24) is 10.3 Å². The molecule has 0 unspecified atom stereocenters. The molecule has 0 spiro atoms. The number of nitrogens with zero attached hydrogens (tertiary/aromatic N) is 1. The summed E-state index contributed by atoms with van der Waals surface area (Å²) in [6, 6.07) is 7.74. The fraction of sp³-hybridized carbons (Fsp3) is 0.294. The molecule has 27 heavy (non-hydrogen) atoms. The number of rotatable bonds is 3. The van der Waals surface area contributed by atoms with Crippen molar-refractivity contribution in [3.63, 3.8) is 0 Å². The average molecular weight is 402 g/mol. The molecule has 3 N–H and O–H groups in total. The Balaban J connectivity index is 1.70. The first-order chi connectivity index (χ1) is 12.8. The third kappa shape index (κ3) is 4.42. The molecular formula is C17H15ClF3N3O3. The third-order valence-electron chi connectivity index (χ3n) is 3.93. The number of carbonyl (C=O) groups is 1. The Morgan fingerprint density at radius 2 is 2.04 bits per heavy atom. The maximum Gasteiger partial charge on any atom is 0.420 e. The Morgan fingerprint density at radius 1 is 1.30 bits per heavy atom. The average Bonchev–Trinajstić information content (AvgIpc) is 2.61. The van der Waals surface area contributed by atoms with Crippen molar-refractivity contribution in [2.75, 3.05) is 11.9 Å². The largest absolute Gasteiger partial charge is 0.492 e. The Bertz CT molecular complexity index is 848. The zero-order chi connectivity index (χ0) is 19.6. The number of para-hydroxylation sites is 1. The van der Waals surface area contributed by atoms with Crippen LogP contribution in [0.25, 0.3) is 0 Å². The minimum atomic E-state index is -4.85. The van der Waals surface area contributed by atoms with Gasteiger partial charge in [-0.05, 0) is 18.2 Å². The summed E-state index contributed by atoms with van der Waals surface area (Å²) in [6.45, 7) is 0.354. The zero-order valence-corrected chi connectivity index (χ0v) is 14.5. The highest BCUT2D eigenvalue weighted by Gasteiger charge is 2.40. The SMILES string of the molecule is O=C(Nc1cccc([C@H](O)C(F)(F)F)n1)N[C@H]1CCOc2c(Cl)cccc21. The molecule has 1 aromatic heterocycles. The van der Waals surface area contributed by atoms with Gasteiger partial charge in [-0.3, -0.25) is 5.32 Å². The number of aliphatic hydroxyl groups excluding tert-OH is 1. The highest BCUT2D eigenvalue weighted by Crippen LogP contribution is 2.37. The van der Waals surface area contributed by atoms with Crippen LogP contribution in [0.2, 0.25) is 5.02 Å². The van der Waals surface area contributed by atoms with Gasteiger partial charge in [0.1, 0.15) is 11.6 Å². The number of urea groups is 1. The van der Waals surface area contributed by atoms with E-state index in [0.717, 1.165) is 6.07 Å². The topological polar surface area (TPSA) is 83.5 Å². The highest BCUT2D eigenvalue weighted by molar-refractivity contribution is 6.32. The summed E-state index contributed by atoms with van der Waals surface area (Å²) in [6.07, 6.45) is -7.08. The van der Waals surface area contributed by atoms with E-state index < -0.39 is 24.0 Å². The van der Waals surface area contributed by atoms with Gasteiger partial charge in [-0.15, -0.1) is 0 Å². The molecule has 2 atom stereocenters. The van der Waals surface area contributed by atoms with Crippen molar-refractivity contribution < 1.29 is 27.8 Å². The second-order valence-electron chi connectivity index (χ2n) is 5.84. The number of anilines is 1. The molecule has 6 nitrogen and oxygen atoms in total. The van der Waals surface area contributed by atoms with E-state index in [-0.39, 0.29) is 11.9 Å². The first kappa shape index (κ1) is 19.2. The van der Waals surface area contributed by atoms with Gasteiger partial charge in [0.2, 0.25) is 0 Å². The van der Waals surface area contributed by atoms with Gasteiger partial charge < -0.3 is 15.2 Å². The van der Waals surface area contributed by atoms with Crippen LogP contribution in [-0.2, 0) is 0 Å². The smallest absolute Gasteiger partial charge is 0.420 e. The van der Waals surface area contributed by atoms with Gasteiger partial charge in [0.25, 0.3) is 0 Å². The summed E-state index contributed by atoms with van der Waals surface area (Å²) in [4.78, 5) is 15.9. The van der Waals surface area contributed by atoms with Crippen LogP contribution in [0.4, 0.5) is 23.8 Å². The van der Waals surface area contributed by atoms with Crippen LogP contribution in [0.1, 0.15) is 29.8 Å². The van der Waals surface area contributed by atoms with Gasteiger partial charge >= 0.3 is 12.2 Å². The lowest BCUT2D eigenvalue weighted by Crippen LogP contribution is -2.35. The van der Waals surface area contributed by atoms with E-state index in [0.29, 0.717) is 29.4 Å². The van der Waals surface area contributed by atoms with Crippen molar-refractivity contribution in [2.45, 2.75) is 24.7 Å². The molecule has 1 aromatic carbocycles. The molecule has 3 rings (SSSR count). The van der Waals surface area contributed by atoms with Crippen molar-refractivity contribution in [1.29, 1.82) is 0 Å². The van der Waals surface area contributed by atoms with E-state index in [4.69, 9.17) is 16.3 Å². The lowest BCUT2D eigenvalue weighted by molar-refractivity contribution is -0.207. The zero-order valence-electron chi connectivity index (χ0n) is 13.8. The highest BCUT2D eigenvalue weighted by atomic mass is 35.5. The number of fused-ring (bicyclic) bond motifs is 1. The standard InChI is InChI=1S/C17H15ClF3N3O3/c18-10-4-1-3-9-11(7-8-27-14(9)10)23-16(26)24-13-6-2-5-12(22-13)15(25)17(19,20)21/h1-6,11,15,25H,7-8H2,(H2,22,23,24,26)/t11-,15-/m0/s1. The van der Waals surface area contributed by atoms with Crippen LogP contribution in [0, 0.1) is 0 Å². The van der Waals surface area contributed by atoms with E-state index in [2.05, 4.69) is 15.6 Å². The van der Waals surface area contributed by atoms with Crippen LogP contribution in [0.5, 0.6) is 5.75 Å². The van der Waals surface area contributed by atoms with Gasteiger partial charge in [-0.1, -0.05) is 29.8 Å². The van der Waals surface area contributed by atoms with Gasteiger partial charge in [-0.25, -0.2) is 9.78 Å². The maximum atomic E-state index is 12.6. The van der Waals surface area contributed by atoms with E-state index in [9.17, 15) is 23.1 Å². The summed E-state index contributed by atoms with van der Waals surface area (Å²) < 4.78 is 43.3. The normalized spacial score (nSPS) is 17.4. The molecule has 0 aliphatic carbocycles. The fourth-order valence-electron chi connectivity index (χ4n) is 2.69. The number of nitrogens with one attached hydrogen (secondary N) is 2. The minimum Gasteiger partial charge on any atom is -0.492 e. The molecule has 10 heteroatoms. The number of hydrogen-bond acceptors (Lipinski definition) is 4. The van der Waals surface area contributed by atoms with Crippen molar-refractivity contribution >= 4 is 23.4 Å². The summed E-state index contributed by atoms with van der Waals surface area (Å²) in [5, 5.41) is 14.8. The van der Waals surface area contributed by atoms with E-state index >= 15 is 0 Å². The molecule has 1 aliphatic rings. The first-order valence-electron chi connectivity index (χ1n) is 7.96. The van der Waals surface area contributed by atoms with Crippen molar-refractivity contribution in [3.05, 3.63) is 52.7 Å². The number of hydrogen-bond donors (Lipinski definition) is 3. The first-order valence-corrected chi connectivity index (χ1v) is 8.34. The summed E-state index contributed by atoms with van der Waals surface area (Å²) in [7, 11) is 0. The van der Waals surface area contributed by atoms with Crippen molar-refractivity contribution in [3.8, 4) is 5.75 Å². The summed E-state index contributed by atoms with van der Waals surface area (Å²) >= 11 is 6.08. The molecule has 0 fully saturated rings. The van der Waals surface area contributed by atoms with Crippen LogP contribution in [-0.4, -0.2) is 28.9 Å². The molecular weight excluding hydrogens is 387 g/mol. The number of pyridine rings is 1. The number of alkyl halides is 3. The third-order valence-corrected chi connectivity index (χ3v) is 4.23. The van der Waals surface area contributed by atoms with E-state index in [1.165, 1.54) is 12.1 Å². The Morgan fingerprint density at radius 3 is 2.78 bits per heavy atom. The molecule has 0 saturated carbocycles. The van der Waals surface area contributed by atoms with E-state index in [1.54, 1.807) is 18.2 Å². The molecule has 0 bridgehead atoms. The van der Waals surface area contributed by atoms with Gasteiger partial charge in [0.15, 0.2) is 6.10 Å². The number of ether oxygens (including phenoxy) is 1. The number of amides is 2. The lowest BCUT2D eigenvalue weighted by atomic mass is 10.0. The summed E-state index contributed by atoms with van der Waals surface area (Å²) in [5.74, 6) is 0.371. The molecule has 1 aliphatic heterocycles. The quantitative estimate of drug-likeness (QED) is 0.726. The number of aliphatic hydroxyl groups is 1. The van der Waals surface area contributed by atoms with Crippen LogP contribution >= 0.6 is 11.6 Å². The Labute approximate surface area is 157 Å². The monoisotopic (exact) mass is 401 g/mol. The van der Waals surface area contributed by atoms with E-state index in [1.807, 2.05) is 0 Å². The fourth-order valence-corrected chi connectivity index (χ4v) is 2.92. The van der Waals surface area contributed by atoms with Crippen molar-refractivity contribution in [2.24, 2.45) is 0 Å². The molecule has 144 valence electrons. The molecule has 2 heterocycles. The van der Waals surface area contributed by atoms with Crippen LogP contribution < -0.4 is 15.4 Å². The Hall–Kier alpha value is -2.52. The van der Waals surface area contributed by atoms with Gasteiger partial charge in [-0.2, -0.15) is 13.2 Å². The molecule has 2 amide bonds. The summed E-state index contributed by atoms with van der Waals surface area (Å²) in [5.41, 5.74) is 0.0987. The van der Waals surface area contributed by atoms with Crippen LogP contribution in [0.3, 0.4) is 0 Å². The number of halogens is 4. The number of benzene rings is 1. The van der Waals surface area contributed by atoms with Gasteiger partial charge in [0.05, 0.1) is 23.4 Å². The second kappa shape index (κ2) is 7.61. The molecule has 2 aromatic rings. The maximum absolute atomic E-state index is 12.6. The number of carbonyl (C=O) groups excluding carboxylic acids is 1.